The topological polar surface area (TPSA) is 66.8 Å². The van der Waals surface area contributed by atoms with Gasteiger partial charge in [0, 0.05) is 23.6 Å². The van der Waals surface area contributed by atoms with Crippen molar-refractivity contribution in [2.45, 2.75) is 4.90 Å². The van der Waals surface area contributed by atoms with Crippen molar-refractivity contribution in [1.82, 2.24) is 4.90 Å². The Bertz CT molecular complexity index is 513. The van der Waals surface area contributed by atoms with Gasteiger partial charge in [-0.1, -0.05) is 23.2 Å². The molecular weight excluding hydrogens is 337 g/mol. The van der Waals surface area contributed by atoms with Crippen molar-refractivity contribution in [3.63, 3.8) is 0 Å². The Kier molecular flexibility index (Phi) is 7.88. The molecule has 1 aromatic rings. The summed E-state index contributed by atoms with van der Waals surface area (Å²) in [6.45, 7) is 0.152. The highest BCUT2D eigenvalue weighted by Crippen LogP contribution is 2.29. The van der Waals surface area contributed by atoms with Crippen LogP contribution in [0.5, 0.6) is 0 Å². The first-order valence-corrected chi connectivity index (χ1v) is 7.74. The third kappa shape index (κ3) is 6.56. The second kappa shape index (κ2) is 9.15. The molecule has 0 bridgehead atoms. The van der Waals surface area contributed by atoms with Crippen molar-refractivity contribution in [2.24, 2.45) is 0 Å². The van der Waals surface area contributed by atoms with E-state index in [1.807, 2.05) is 0 Å². The summed E-state index contributed by atoms with van der Waals surface area (Å²) in [4.78, 5) is 24.7. The number of methoxy groups -OCH3 is 1. The number of halogens is 2. The van der Waals surface area contributed by atoms with Crippen molar-refractivity contribution in [3.8, 4) is 0 Å². The lowest BCUT2D eigenvalue weighted by molar-refractivity contribution is -0.143. The van der Waals surface area contributed by atoms with Gasteiger partial charge in [0.1, 0.15) is 6.54 Å². The van der Waals surface area contributed by atoms with Gasteiger partial charge < -0.3 is 14.7 Å². The molecule has 21 heavy (non-hydrogen) atoms. The number of hydrogen-bond acceptors (Lipinski definition) is 4. The fourth-order valence-electron chi connectivity index (χ4n) is 1.48. The van der Waals surface area contributed by atoms with E-state index in [-0.39, 0.29) is 31.4 Å². The van der Waals surface area contributed by atoms with Crippen LogP contribution in [0, 0.1) is 0 Å². The zero-order valence-corrected chi connectivity index (χ0v) is 13.7. The largest absolute Gasteiger partial charge is 0.480 e. The number of amides is 1. The molecule has 5 nitrogen and oxygen atoms in total. The molecule has 0 aromatic heterocycles. The molecule has 0 aliphatic rings. The minimum absolute atomic E-state index is 0.0804. The zero-order valence-electron chi connectivity index (χ0n) is 11.3. The van der Waals surface area contributed by atoms with Gasteiger partial charge in [-0.15, -0.1) is 11.8 Å². The van der Waals surface area contributed by atoms with Gasteiger partial charge in [-0.3, -0.25) is 9.59 Å². The van der Waals surface area contributed by atoms with E-state index in [0.717, 1.165) is 0 Å². The smallest absolute Gasteiger partial charge is 0.323 e. The van der Waals surface area contributed by atoms with Crippen LogP contribution in [0.1, 0.15) is 0 Å². The zero-order chi connectivity index (χ0) is 15.8. The lowest BCUT2D eigenvalue weighted by Crippen LogP contribution is -2.39. The maximum atomic E-state index is 12.1. The molecule has 8 heteroatoms. The average Bonchev–Trinajstić information content (AvgIpc) is 2.43. The van der Waals surface area contributed by atoms with Crippen LogP contribution in [0.25, 0.3) is 0 Å². The number of rotatable bonds is 8. The number of carbonyl (C=O) groups is 2. The minimum atomic E-state index is -1.06. The van der Waals surface area contributed by atoms with Crippen molar-refractivity contribution in [1.29, 1.82) is 0 Å². The maximum absolute atomic E-state index is 12.1. The van der Waals surface area contributed by atoms with Crippen molar-refractivity contribution in [3.05, 3.63) is 28.2 Å². The van der Waals surface area contributed by atoms with Gasteiger partial charge in [0.15, 0.2) is 0 Å². The van der Waals surface area contributed by atoms with E-state index >= 15 is 0 Å². The molecule has 1 rings (SSSR count). The second-order valence-corrected chi connectivity index (χ2v) is 5.93. The summed E-state index contributed by atoms with van der Waals surface area (Å²) < 4.78 is 4.87. The van der Waals surface area contributed by atoms with Crippen LogP contribution in [0.3, 0.4) is 0 Å². The molecule has 0 spiro atoms. The van der Waals surface area contributed by atoms with Crippen LogP contribution in [-0.4, -0.2) is 54.4 Å². The fraction of sp³-hybridized carbons (Fsp3) is 0.385. The Hall–Kier alpha value is -0.950. The number of carboxylic acids is 1. The van der Waals surface area contributed by atoms with Gasteiger partial charge in [0.25, 0.3) is 0 Å². The number of aliphatic carboxylic acids is 1. The first kappa shape index (κ1) is 18.1. The van der Waals surface area contributed by atoms with Gasteiger partial charge in [-0.05, 0) is 18.2 Å². The van der Waals surface area contributed by atoms with Gasteiger partial charge in [-0.2, -0.15) is 0 Å². The van der Waals surface area contributed by atoms with Crippen LogP contribution < -0.4 is 0 Å². The molecule has 1 aromatic carbocycles. The number of ether oxygens (including phenoxy) is 1. The summed E-state index contributed by atoms with van der Waals surface area (Å²) in [7, 11) is 1.49. The molecule has 0 aliphatic carbocycles. The van der Waals surface area contributed by atoms with Crippen molar-refractivity contribution in [2.75, 3.05) is 32.6 Å². The van der Waals surface area contributed by atoms with Gasteiger partial charge >= 0.3 is 5.97 Å². The summed E-state index contributed by atoms with van der Waals surface area (Å²) in [5.41, 5.74) is 0. The molecule has 0 atom stereocenters. The number of nitrogens with zero attached hydrogens (tertiary/aromatic N) is 1. The summed E-state index contributed by atoms with van der Waals surface area (Å²) in [5, 5.41) is 9.84. The third-order valence-corrected chi connectivity index (χ3v) is 4.21. The normalized spacial score (nSPS) is 10.4. The van der Waals surface area contributed by atoms with E-state index in [1.54, 1.807) is 18.2 Å². The van der Waals surface area contributed by atoms with Crippen molar-refractivity contribution >= 4 is 46.8 Å². The average molecular weight is 352 g/mol. The predicted molar refractivity (Wildman–Crippen MR) is 83.3 cm³/mol. The Balaban J connectivity index is 2.63. The molecule has 1 amide bonds. The molecule has 0 aliphatic heterocycles. The number of carboxylic acid groups (broad SMARTS) is 1. The highest BCUT2D eigenvalue weighted by Gasteiger charge is 2.17. The molecule has 1 N–H and O–H groups in total. The van der Waals surface area contributed by atoms with E-state index in [1.165, 1.54) is 23.8 Å². The van der Waals surface area contributed by atoms with Crippen LogP contribution >= 0.6 is 35.0 Å². The predicted octanol–water partition coefficient (Wildman–Crippen LogP) is 2.65. The molecule has 0 saturated carbocycles. The lowest BCUT2D eigenvalue weighted by Gasteiger charge is -2.20. The standard InChI is InChI=1S/C13H15Cl2NO4S/c1-20-5-4-16(7-13(18)19)12(17)8-21-11-6-9(14)2-3-10(11)15/h2-3,6H,4-5,7-8H2,1H3,(H,18,19). The van der Waals surface area contributed by atoms with Crippen LogP contribution in [0.15, 0.2) is 23.1 Å². The summed E-state index contributed by atoms with van der Waals surface area (Å²) in [5.74, 6) is -1.28. The number of thioether (sulfide) groups is 1. The molecule has 0 saturated heterocycles. The number of hydrogen-bond donors (Lipinski definition) is 1. The van der Waals surface area contributed by atoms with E-state index in [4.69, 9.17) is 33.0 Å². The molecule has 0 fully saturated rings. The Labute approximate surface area is 137 Å². The minimum Gasteiger partial charge on any atom is -0.480 e. The number of benzene rings is 1. The first-order valence-electron chi connectivity index (χ1n) is 6.00. The second-order valence-electron chi connectivity index (χ2n) is 4.07. The van der Waals surface area contributed by atoms with Crippen LogP contribution in [-0.2, 0) is 14.3 Å². The Morgan fingerprint density at radius 2 is 2.10 bits per heavy atom. The van der Waals surface area contributed by atoms with Crippen LogP contribution in [0.4, 0.5) is 0 Å². The molecule has 0 heterocycles. The van der Waals surface area contributed by atoms with Crippen LogP contribution in [0.2, 0.25) is 10.0 Å². The van der Waals surface area contributed by atoms with Crippen molar-refractivity contribution < 1.29 is 19.4 Å². The van der Waals surface area contributed by atoms with Gasteiger partial charge in [0.2, 0.25) is 5.91 Å². The first-order chi connectivity index (χ1) is 9.93. The monoisotopic (exact) mass is 351 g/mol. The summed E-state index contributed by atoms with van der Waals surface area (Å²) >= 11 is 13.1. The fourth-order valence-corrected chi connectivity index (χ4v) is 2.87. The molecular formula is C13H15Cl2NO4S. The summed E-state index contributed by atoms with van der Waals surface area (Å²) in [6, 6.07) is 4.97. The SMILES string of the molecule is COCCN(CC(=O)O)C(=O)CSc1cc(Cl)ccc1Cl. The molecule has 116 valence electrons. The molecule has 0 unspecified atom stereocenters. The Morgan fingerprint density at radius 3 is 2.71 bits per heavy atom. The quantitative estimate of drug-likeness (QED) is 0.729. The van der Waals surface area contributed by atoms with E-state index in [0.29, 0.717) is 14.9 Å². The highest BCUT2D eigenvalue weighted by molar-refractivity contribution is 8.00. The lowest BCUT2D eigenvalue weighted by atomic mass is 10.4. The summed E-state index contributed by atoms with van der Waals surface area (Å²) in [6.07, 6.45) is 0. The van der Waals surface area contributed by atoms with E-state index in [2.05, 4.69) is 0 Å². The van der Waals surface area contributed by atoms with Gasteiger partial charge in [-0.25, -0.2) is 0 Å². The molecule has 0 radical (unpaired) electrons. The number of carbonyl (C=O) groups excluding carboxylic acids is 1. The van der Waals surface area contributed by atoms with E-state index in [9.17, 15) is 9.59 Å². The highest BCUT2D eigenvalue weighted by atomic mass is 35.5. The Morgan fingerprint density at radius 1 is 1.38 bits per heavy atom. The maximum Gasteiger partial charge on any atom is 0.323 e. The third-order valence-electron chi connectivity index (χ3n) is 2.49. The van der Waals surface area contributed by atoms with Gasteiger partial charge in [0.05, 0.1) is 17.4 Å². The van der Waals surface area contributed by atoms with E-state index < -0.39 is 5.97 Å².